The minimum absolute atomic E-state index is 0.0760. The number of aryl methyl sites for hydroxylation is 4. The van der Waals surface area contributed by atoms with Crippen LogP contribution in [0.25, 0.3) is 32.7 Å². The molecule has 6 aromatic rings. The zero-order valence-corrected chi connectivity index (χ0v) is 29.0. The van der Waals surface area contributed by atoms with Crippen molar-refractivity contribution in [3.05, 3.63) is 107 Å². The molecule has 6 aromatic carbocycles. The SMILES string of the molecule is Cc1cc(-c2cc(C)c(/N=N/c3c(S(=O)(=O)O)cc4ccccc4c3N)c(C)c2)cc(C)c1/N=N/c1c(S(=O)(=O)O)cc2ccccc2c1N. The van der Waals surface area contributed by atoms with E-state index in [0.29, 0.717) is 32.9 Å². The monoisotopic (exact) mass is 708 g/mol. The van der Waals surface area contributed by atoms with Crippen LogP contribution in [-0.4, -0.2) is 25.9 Å². The van der Waals surface area contributed by atoms with Crippen molar-refractivity contribution < 1.29 is 25.9 Å². The summed E-state index contributed by atoms with van der Waals surface area (Å²) in [6.07, 6.45) is 0. The quantitative estimate of drug-likeness (QED) is 0.0711. The molecule has 0 bridgehead atoms. The predicted octanol–water partition coefficient (Wildman–Crippen LogP) is 9.38. The van der Waals surface area contributed by atoms with Gasteiger partial charge in [-0.1, -0.05) is 48.5 Å². The molecule has 12 nitrogen and oxygen atoms in total. The molecule has 6 N–H and O–H groups in total. The van der Waals surface area contributed by atoms with E-state index in [1.54, 1.807) is 48.5 Å². The molecule has 0 saturated heterocycles. The first-order valence-electron chi connectivity index (χ1n) is 15.2. The van der Waals surface area contributed by atoms with E-state index < -0.39 is 30.0 Å². The van der Waals surface area contributed by atoms with Gasteiger partial charge in [0.1, 0.15) is 21.2 Å². The smallest absolute Gasteiger partial charge is 0.296 e. The molecule has 0 spiro atoms. The van der Waals surface area contributed by atoms with Gasteiger partial charge in [0, 0.05) is 10.8 Å². The van der Waals surface area contributed by atoms with E-state index in [9.17, 15) is 25.9 Å². The van der Waals surface area contributed by atoms with Crippen LogP contribution in [0.1, 0.15) is 22.3 Å². The van der Waals surface area contributed by atoms with Gasteiger partial charge in [-0.3, -0.25) is 9.11 Å². The lowest BCUT2D eigenvalue weighted by Gasteiger charge is -2.13. The summed E-state index contributed by atoms with van der Waals surface area (Å²) in [5.41, 5.74) is 18.2. The molecule has 14 heteroatoms. The lowest BCUT2D eigenvalue weighted by molar-refractivity contribution is 0.481. The molecule has 0 fully saturated rings. The zero-order valence-electron chi connectivity index (χ0n) is 27.4. The average Bonchev–Trinajstić information content (AvgIpc) is 3.04. The molecule has 0 amide bonds. The molecule has 0 heterocycles. The number of nitrogen functional groups attached to an aromatic ring is 2. The third-order valence-electron chi connectivity index (χ3n) is 8.42. The van der Waals surface area contributed by atoms with Crippen LogP contribution < -0.4 is 11.5 Å². The van der Waals surface area contributed by atoms with Gasteiger partial charge in [-0.15, -0.1) is 20.5 Å². The number of nitrogens with zero attached hydrogens (tertiary/aromatic N) is 4. The van der Waals surface area contributed by atoms with E-state index in [-0.39, 0.29) is 22.7 Å². The van der Waals surface area contributed by atoms with Crippen LogP contribution in [0.4, 0.5) is 34.1 Å². The Kier molecular flexibility index (Phi) is 8.74. The van der Waals surface area contributed by atoms with Gasteiger partial charge in [0.25, 0.3) is 20.2 Å². The number of benzene rings is 6. The Bertz CT molecular complexity index is 2440. The molecule has 0 aliphatic rings. The molecule has 6 rings (SSSR count). The Morgan fingerprint density at radius 3 is 1.10 bits per heavy atom. The normalized spacial score (nSPS) is 12.5. The Hall–Kier alpha value is -5.54. The zero-order chi connectivity index (χ0) is 36.1. The van der Waals surface area contributed by atoms with E-state index in [1.807, 2.05) is 52.0 Å². The highest BCUT2D eigenvalue weighted by Crippen LogP contribution is 2.42. The third-order valence-corrected chi connectivity index (χ3v) is 10.2. The maximum Gasteiger partial charge on any atom is 0.296 e. The molecule has 0 unspecified atom stereocenters. The standard InChI is InChI=1S/C36H32N6O6S2/c1-19-13-25(14-20(2)33(19)39-41-35-29(49(43,44)45)17-23-9-5-7-11-27(23)31(35)37)26-15-21(3)34(22(4)16-26)40-42-36-30(50(46,47)48)18-24-10-6-8-12-28(24)32(36)38/h5-18H,37-38H2,1-4H3,(H,43,44,45)(H,46,47,48)/b41-39+,42-40+. The lowest BCUT2D eigenvalue weighted by atomic mass is 9.95. The molecular formula is C36H32N6O6S2. The molecule has 0 radical (unpaired) electrons. The van der Waals surface area contributed by atoms with Gasteiger partial charge in [0.2, 0.25) is 0 Å². The number of anilines is 2. The Balaban J connectivity index is 1.36. The van der Waals surface area contributed by atoms with Gasteiger partial charge < -0.3 is 11.5 Å². The molecule has 0 saturated carbocycles. The van der Waals surface area contributed by atoms with Crippen LogP contribution in [-0.2, 0) is 20.2 Å². The Labute approximate surface area is 288 Å². The molecule has 0 atom stereocenters. The molecule has 254 valence electrons. The largest absolute Gasteiger partial charge is 0.396 e. The summed E-state index contributed by atoms with van der Waals surface area (Å²) in [4.78, 5) is -0.879. The van der Waals surface area contributed by atoms with E-state index >= 15 is 0 Å². The Morgan fingerprint density at radius 2 is 0.780 bits per heavy atom. The highest BCUT2D eigenvalue weighted by Gasteiger charge is 2.22. The summed E-state index contributed by atoms with van der Waals surface area (Å²) >= 11 is 0. The summed E-state index contributed by atoms with van der Waals surface area (Å²) in [5, 5.41) is 19.4. The minimum Gasteiger partial charge on any atom is -0.396 e. The first-order valence-corrected chi connectivity index (χ1v) is 18.1. The summed E-state index contributed by atoms with van der Waals surface area (Å²) < 4.78 is 68.9. The highest BCUT2D eigenvalue weighted by atomic mass is 32.2. The second kappa shape index (κ2) is 12.7. The number of fused-ring (bicyclic) bond motifs is 2. The molecular weight excluding hydrogens is 677 g/mol. The van der Waals surface area contributed by atoms with Crippen LogP contribution in [0.2, 0.25) is 0 Å². The number of rotatable bonds is 7. The van der Waals surface area contributed by atoms with E-state index in [1.165, 1.54) is 12.1 Å². The van der Waals surface area contributed by atoms with Gasteiger partial charge in [-0.25, -0.2) is 0 Å². The Morgan fingerprint density at radius 1 is 0.480 bits per heavy atom. The summed E-state index contributed by atoms with van der Waals surface area (Å²) in [6, 6.07) is 24.1. The van der Waals surface area contributed by atoms with E-state index in [4.69, 9.17) is 11.5 Å². The number of nitrogens with two attached hydrogens (primary N) is 2. The second-order valence-electron chi connectivity index (χ2n) is 12.0. The van der Waals surface area contributed by atoms with Crippen molar-refractivity contribution in [1.29, 1.82) is 0 Å². The molecule has 50 heavy (non-hydrogen) atoms. The van der Waals surface area contributed by atoms with Crippen LogP contribution in [0, 0.1) is 27.7 Å². The fraction of sp³-hybridized carbons (Fsp3) is 0.111. The predicted molar refractivity (Wildman–Crippen MR) is 196 cm³/mol. The van der Waals surface area contributed by atoms with Crippen molar-refractivity contribution in [3.8, 4) is 11.1 Å². The number of hydrogen-bond acceptors (Lipinski definition) is 10. The van der Waals surface area contributed by atoms with Crippen molar-refractivity contribution in [2.75, 3.05) is 11.5 Å². The lowest BCUT2D eigenvalue weighted by Crippen LogP contribution is -2.01. The fourth-order valence-electron chi connectivity index (χ4n) is 6.04. The minimum atomic E-state index is -4.66. The van der Waals surface area contributed by atoms with E-state index in [0.717, 1.165) is 33.4 Å². The van der Waals surface area contributed by atoms with Crippen molar-refractivity contribution in [2.45, 2.75) is 37.5 Å². The molecule has 0 aromatic heterocycles. The van der Waals surface area contributed by atoms with Gasteiger partial charge in [0.15, 0.2) is 0 Å². The van der Waals surface area contributed by atoms with Crippen molar-refractivity contribution in [1.82, 2.24) is 0 Å². The first-order chi connectivity index (χ1) is 23.5. The first kappa shape index (κ1) is 34.3. The highest BCUT2D eigenvalue weighted by molar-refractivity contribution is 7.86. The topological polar surface area (TPSA) is 210 Å². The summed E-state index contributed by atoms with van der Waals surface area (Å²) in [6.45, 7) is 7.39. The van der Waals surface area contributed by atoms with Crippen molar-refractivity contribution in [3.63, 3.8) is 0 Å². The van der Waals surface area contributed by atoms with Crippen molar-refractivity contribution in [2.24, 2.45) is 20.5 Å². The van der Waals surface area contributed by atoms with E-state index in [2.05, 4.69) is 20.5 Å². The number of azo groups is 2. The summed E-state index contributed by atoms with van der Waals surface area (Å²) in [7, 11) is -9.32. The molecule has 0 aliphatic carbocycles. The average molecular weight is 709 g/mol. The van der Waals surface area contributed by atoms with Crippen molar-refractivity contribution >= 4 is 75.9 Å². The third kappa shape index (κ3) is 6.44. The van der Waals surface area contributed by atoms with Gasteiger partial charge >= 0.3 is 0 Å². The summed E-state index contributed by atoms with van der Waals surface area (Å²) in [5.74, 6) is 0. The van der Waals surface area contributed by atoms with Crippen LogP contribution >= 0.6 is 0 Å². The van der Waals surface area contributed by atoms with Crippen LogP contribution in [0.5, 0.6) is 0 Å². The van der Waals surface area contributed by atoms with Gasteiger partial charge in [-0.2, -0.15) is 16.8 Å². The van der Waals surface area contributed by atoms with Crippen LogP contribution in [0.3, 0.4) is 0 Å². The fourth-order valence-corrected chi connectivity index (χ4v) is 7.38. The van der Waals surface area contributed by atoms with Gasteiger partial charge in [0.05, 0.1) is 22.7 Å². The van der Waals surface area contributed by atoms with Crippen LogP contribution in [0.15, 0.2) is 115 Å². The molecule has 0 aliphatic heterocycles. The second-order valence-corrected chi connectivity index (χ2v) is 14.8. The van der Waals surface area contributed by atoms with Gasteiger partial charge in [-0.05, 0) is 108 Å². The number of hydrogen-bond donors (Lipinski definition) is 4. The maximum absolute atomic E-state index is 12.3. The maximum atomic E-state index is 12.3.